The zero-order valence-electron chi connectivity index (χ0n) is 11.2. The van der Waals surface area contributed by atoms with Crippen LogP contribution < -0.4 is 16.4 Å². The van der Waals surface area contributed by atoms with Gasteiger partial charge in [0.1, 0.15) is 22.6 Å². The third kappa shape index (κ3) is 4.28. The highest BCUT2D eigenvalue weighted by atomic mass is 35.5. The van der Waals surface area contributed by atoms with Crippen LogP contribution in [0.2, 0.25) is 5.15 Å². The number of anilines is 3. The van der Waals surface area contributed by atoms with Crippen molar-refractivity contribution in [3.05, 3.63) is 41.6 Å². The van der Waals surface area contributed by atoms with E-state index >= 15 is 0 Å². The summed E-state index contributed by atoms with van der Waals surface area (Å²) in [5.41, 5.74) is 10.9. The molecule has 6 heteroatoms. The molecule has 3 rings (SSSR count). The number of hydrogen-bond acceptors (Lipinski definition) is 5. The van der Waals surface area contributed by atoms with Gasteiger partial charge in [0.15, 0.2) is 0 Å². The van der Waals surface area contributed by atoms with Crippen LogP contribution in [0.1, 0.15) is 12.8 Å². The first kappa shape index (κ1) is 14.4. The summed E-state index contributed by atoms with van der Waals surface area (Å²) in [6.07, 6.45) is 2.55. The molecular weight excluding hydrogens is 274 g/mol. The second-order valence-corrected chi connectivity index (χ2v) is 4.89. The summed E-state index contributed by atoms with van der Waals surface area (Å²) in [6, 6.07) is 10.9. The molecule has 0 saturated carbocycles. The van der Waals surface area contributed by atoms with Crippen LogP contribution in [-0.4, -0.2) is 23.1 Å². The van der Waals surface area contributed by atoms with E-state index in [4.69, 9.17) is 23.1 Å². The fourth-order valence-electron chi connectivity index (χ4n) is 1.99. The van der Waals surface area contributed by atoms with Crippen LogP contribution in [-0.2, 0) is 0 Å². The molecule has 4 N–H and O–H groups in total. The van der Waals surface area contributed by atoms with Gasteiger partial charge in [-0.25, -0.2) is 9.97 Å². The van der Waals surface area contributed by atoms with Crippen molar-refractivity contribution in [1.29, 1.82) is 0 Å². The molecule has 0 radical (unpaired) electrons. The highest BCUT2D eigenvalue weighted by Crippen LogP contribution is 2.17. The SMILES string of the molecule is Nc1cccc(Cl)n1.Nc1cccc(N2CCCC2)n1. The normalized spacial score (nSPS) is 13.8. The number of hydrogen-bond donors (Lipinski definition) is 2. The summed E-state index contributed by atoms with van der Waals surface area (Å²) in [5, 5.41) is 0.435. The van der Waals surface area contributed by atoms with Crippen LogP contribution in [0.25, 0.3) is 0 Å². The van der Waals surface area contributed by atoms with Gasteiger partial charge in [-0.2, -0.15) is 0 Å². The fourth-order valence-corrected chi connectivity index (χ4v) is 2.16. The van der Waals surface area contributed by atoms with Gasteiger partial charge in [-0.1, -0.05) is 23.7 Å². The van der Waals surface area contributed by atoms with E-state index in [0.717, 1.165) is 18.9 Å². The summed E-state index contributed by atoms with van der Waals surface area (Å²) >= 11 is 5.45. The van der Waals surface area contributed by atoms with Gasteiger partial charge in [-0.3, -0.25) is 0 Å². The molecular formula is C14H18ClN5. The Morgan fingerprint density at radius 3 is 2.00 bits per heavy atom. The number of aromatic nitrogens is 2. The van der Waals surface area contributed by atoms with Crippen molar-refractivity contribution in [3.8, 4) is 0 Å². The van der Waals surface area contributed by atoms with E-state index in [9.17, 15) is 0 Å². The lowest BCUT2D eigenvalue weighted by Crippen LogP contribution is -2.19. The van der Waals surface area contributed by atoms with Crippen LogP contribution in [0, 0.1) is 0 Å². The topological polar surface area (TPSA) is 81.1 Å². The van der Waals surface area contributed by atoms with E-state index in [-0.39, 0.29) is 0 Å². The van der Waals surface area contributed by atoms with Crippen LogP contribution in [0.3, 0.4) is 0 Å². The first-order chi connectivity index (χ1) is 9.65. The molecule has 3 heterocycles. The zero-order valence-corrected chi connectivity index (χ0v) is 11.9. The third-order valence-corrected chi connectivity index (χ3v) is 3.13. The molecule has 0 aliphatic carbocycles. The van der Waals surface area contributed by atoms with Gasteiger partial charge < -0.3 is 16.4 Å². The first-order valence-corrected chi connectivity index (χ1v) is 6.88. The second-order valence-electron chi connectivity index (χ2n) is 4.50. The molecule has 1 saturated heterocycles. The predicted molar refractivity (Wildman–Crippen MR) is 83.8 cm³/mol. The molecule has 1 fully saturated rings. The van der Waals surface area contributed by atoms with Crippen LogP contribution in [0.4, 0.5) is 17.5 Å². The molecule has 2 aromatic heterocycles. The molecule has 106 valence electrons. The minimum Gasteiger partial charge on any atom is -0.384 e. The van der Waals surface area contributed by atoms with Crippen molar-refractivity contribution in [2.24, 2.45) is 0 Å². The van der Waals surface area contributed by atoms with Gasteiger partial charge >= 0.3 is 0 Å². The number of nitrogens with zero attached hydrogens (tertiary/aromatic N) is 3. The highest BCUT2D eigenvalue weighted by Gasteiger charge is 2.12. The van der Waals surface area contributed by atoms with Gasteiger partial charge in [0.25, 0.3) is 0 Å². The predicted octanol–water partition coefficient (Wildman–Crippen LogP) is 2.58. The van der Waals surface area contributed by atoms with E-state index in [1.807, 2.05) is 18.2 Å². The maximum Gasteiger partial charge on any atom is 0.131 e. The minimum atomic E-state index is 0.435. The summed E-state index contributed by atoms with van der Waals surface area (Å²) in [6.45, 7) is 2.24. The summed E-state index contributed by atoms with van der Waals surface area (Å²) in [5.74, 6) is 2.09. The van der Waals surface area contributed by atoms with Crippen LogP contribution in [0.5, 0.6) is 0 Å². The molecule has 0 unspecified atom stereocenters. The Kier molecular flexibility index (Phi) is 5.01. The van der Waals surface area contributed by atoms with E-state index < -0.39 is 0 Å². The van der Waals surface area contributed by atoms with Gasteiger partial charge in [-0.15, -0.1) is 0 Å². The number of rotatable bonds is 1. The molecule has 1 aliphatic heterocycles. The maximum absolute atomic E-state index is 5.59. The van der Waals surface area contributed by atoms with E-state index in [1.54, 1.807) is 18.2 Å². The number of halogens is 1. The summed E-state index contributed by atoms with van der Waals surface area (Å²) in [7, 11) is 0. The molecule has 2 aromatic rings. The molecule has 0 atom stereocenters. The van der Waals surface area contributed by atoms with Crippen molar-refractivity contribution >= 4 is 29.1 Å². The monoisotopic (exact) mass is 291 g/mol. The van der Waals surface area contributed by atoms with Crippen molar-refractivity contribution < 1.29 is 0 Å². The molecule has 20 heavy (non-hydrogen) atoms. The van der Waals surface area contributed by atoms with Gasteiger partial charge in [-0.05, 0) is 37.1 Å². The quantitative estimate of drug-likeness (QED) is 0.789. The zero-order chi connectivity index (χ0) is 14.4. The first-order valence-electron chi connectivity index (χ1n) is 6.50. The average molecular weight is 292 g/mol. The number of pyridine rings is 2. The van der Waals surface area contributed by atoms with Crippen molar-refractivity contribution in [2.45, 2.75) is 12.8 Å². The van der Waals surface area contributed by atoms with Crippen molar-refractivity contribution in [3.63, 3.8) is 0 Å². The Bertz CT molecular complexity index is 538. The molecule has 0 amide bonds. The lowest BCUT2D eigenvalue weighted by atomic mass is 10.4. The largest absolute Gasteiger partial charge is 0.384 e. The molecule has 0 aromatic carbocycles. The lowest BCUT2D eigenvalue weighted by molar-refractivity contribution is 0.940. The van der Waals surface area contributed by atoms with E-state index in [2.05, 4.69) is 14.9 Å². The number of nitrogens with two attached hydrogens (primary N) is 2. The Hall–Kier alpha value is -2.01. The minimum absolute atomic E-state index is 0.435. The maximum atomic E-state index is 5.59. The van der Waals surface area contributed by atoms with Gasteiger partial charge in [0, 0.05) is 13.1 Å². The second kappa shape index (κ2) is 6.96. The lowest BCUT2D eigenvalue weighted by Gasteiger charge is -2.15. The van der Waals surface area contributed by atoms with Gasteiger partial charge in [0.05, 0.1) is 0 Å². The number of nitrogen functional groups attached to an aromatic ring is 2. The van der Waals surface area contributed by atoms with E-state index in [1.165, 1.54) is 12.8 Å². The Labute approximate surface area is 123 Å². The average Bonchev–Trinajstić information content (AvgIpc) is 2.93. The Balaban J connectivity index is 0.000000160. The molecule has 0 spiro atoms. The van der Waals surface area contributed by atoms with Crippen LogP contribution in [0.15, 0.2) is 36.4 Å². The molecule has 0 bridgehead atoms. The Morgan fingerprint density at radius 1 is 0.900 bits per heavy atom. The highest BCUT2D eigenvalue weighted by molar-refractivity contribution is 6.29. The summed E-state index contributed by atoms with van der Waals surface area (Å²) < 4.78 is 0. The van der Waals surface area contributed by atoms with Crippen molar-refractivity contribution in [1.82, 2.24) is 9.97 Å². The third-order valence-electron chi connectivity index (χ3n) is 2.92. The van der Waals surface area contributed by atoms with Crippen molar-refractivity contribution in [2.75, 3.05) is 29.5 Å². The standard InChI is InChI=1S/C9H13N3.C5H5ClN2/c10-8-4-3-5-9(11-8)12-6-1-2-7-12;6-4-2-1-3-5(7)8-4/h3-5H,1-2,6-7H2,(H2,10,11);1-3H,(H2,7,8). The molecule has 5 nitrogen and oxygen atoms in total. The van der Waals surface area contributed by atoms with E-state index in [0.29, 0.717) is 16.8 Å². The fraction of sp³-hybridized carbons (Fsp3) is 0.286. The van der Waals surface area contributed by atoms with Gasteiger partial charge in [0.2, 0.25) is 0 Å². The summed E-state index contributed by atoms with van der Waals surface area (Å²) in [4.78, 5) is 10.2. The Morgan fingerprint density at radius 2 is 1.50 bits per heavy atom. The molecule has 1 aliphatic rings. The smallest absolute Gasteiger partial charge is 0.131 e. The van der Waals surface area contributed by atoms with Crippen LogP contribution >= 0.6 is 11.6 Å².